The largest absolute Gasteiger partial charge is 0.482 e. The van der Waals surface area contributed by atoms with Gasteiger partial charge in [0.1, 0.15) is 10.6 Å². The molecule has 0 saturated heterocycles. The van der Waals surface area contributed by atoms with Crippen LogP contribution in [0.4, 0.5) is 18.9 Å². The molecule has 1 heterocycles. The van der Waals surface area contributed by atoms with Crippen molar-refractivity contribution in [3.05, 3.63) is 35.2 Å². The van der Waals surface area contributed by atoms with Crippen molar-refractivity contribution in [3.63, 3.8) is 0 Å². The third-order valence-electron chi connectivity index (χ3n) is 3.90. The van der Waals surface area contributed by atoms with Crippen LogP contribution in [0.5, 0.6) is 5.75 Å². The summed E-state index contributed by atoms with van der Waals surface area (Å²) in [6.45, 7) is 9.01. The Morgan fingerprint density at radius 2 is 1.75 bits per heavy atom. The topological polar surface area (TPSA) is 73.2 Å². The zero-order valence-electron chi connectivity index (χ0n) is 16.6. The average molecular weight is 419 g/mol. The number of nitrogens with one attached hydrogen (secondary N) is 1. The van der Waals surface area contributed by atoms with Gasteiger partial charge >= 0.3 is 6.18 Å². The molecule has 0 radical (unpaired) electrons. The Hall–Kier alpha value is -2.23. The van der Waals surface area contributed by atoms with Crippen LogP contribution in [0.15, 0.2) is 23.1 Å². The Kier molecular flexibility index (Phi) is 5.76. The van der Waals surface area contributed by atoms with Gasteiger partial charge in [-0.05, 0) is 59.2 Å². The Morgan fingerprint density at radius 3 is 2.25 bits per heavy atom. The molecular weight excluding hydrogens is 395 g/mol. The van der Waals surface area contributed by atoms with Crippen LogP contribution in [0.1, 0.15) is 37.7 Å². The molecule has 2 aromatic rings. The first-order valence-corrected chi connectivity index (χ1v) is 10.00. The molecule has 28 heavy (non-hydrogen) atoms. The van der Waals surface area contributed by atoms with Crippen LogP contribution in [0, 0.1) is 20.8 Å². The van der Waals surface area contributed by atoms with Crippen LogP contribution in [-0.2, 0) is 15.6 Å². The molecule has 0 atom stereocenters. The Balaban J connectivity index is 2.45. The van der Waals surface area contributed by atoms with Gasteiger partial charge < -0.3 is 4.74 Å². The molecular formula is C18H24F3N3O3S. The van der Waals surface area contributed by atoms with E-state index < -0.39 is 28.3 Å². The van der Waals surface area contributed by atoms with E-state index in [-0.39, 0.29) is 16.3 Å². The van der Waals surface area contributed by atoms with Gasteiger partial charge in [0.2, 0.25) is 0 Å². The minimum Gasteiger partial charge on any atom is -0.482 e. The van der Waals surface area contributed by atoms with E-state index in [2.05, 4.69) is 9.82 Å². The minimum absolute atomic E-state index is 0.00947. The summed E-state index contributed by atoms with van der Waals surface area (Å²) in [5.41, 5.74) is 0.852. The summed E-state index contributed by atoms with van der Waals surface area (Å²) in [5, 5.41) is 4.31. The number of anilines is 1. The maximum atomic E-state index is 13.0. The maximum absolute atomic E-state index is 13.0. The van der Waals surface area contributed by atoms with Crippen molar-refractivity contribution in [2.75, 3.05) is 11.3 Å². The SMILES string of the molecule is Cc1ccc(NS(=O)(=O)c2c(C)nn(C(C)(C)C)c2C)c(OCC(F)(F)F)c1. The molecule has 0 spiro atoms. The Bertz CT molecular complexity index is 974. The fourth-order valence-electron chi connectivity index (χ4n) is 2.86. The highest BCUT2D eigenvalue weighted by Gasteiger charge is 2.31. The number of benzene rings is 1. The summed E-state index contributed by atoms with van der Waals surface area (Å²) >= 11 is 0. The third-order valence-corrected chi connectivity index (χ3v) is 5.52. The van der Waals surface area contributed by atoms with Crippen molar-refractivity contribution in [2.24, 2.45) is 0 Å². The number of rotatable bonds is 5. The predicted octanol–water partition coefficient (Wildman–Crippen LogP) is 4.31. The Labute approximate surface area is 162 Å². The maximum Gasteiger partial charge on any atom is 0.422 e. The van der Waals surface area contributed by atoms with E-state index in [0.29, 0.717) is 17.0 Å². The van der Waals surface area contributed by atoms with Crippen molar-refractivity contribution in [2.45, 2.75) is 58.2 Å². The van der Waals surface area contributed by atoms with Gasteiger partial charge in [0.15, 0.2) is 6.61 Å². The van der Waals surface area contributed by atoms with Crippen molar-refractivity contribution in [1.29, 1.82) is 0 Å². The molecule has 156 valence electrons. The molecule has 2 rings (SSSR count). The summed E-state index contributed by atoms with van der Waals surface area (Å²) in [6, 6.07) is 4.30. The first-order valence-electron chi connectivity index (χ1n) is 8.51. The van der Waals surface area contributed by atoms with Gasteiger partial charge in [0.25, 0.3) is 10.0 Å². The first kappa shape index (κ1) is 22.1. The van der Waals surface area contributed by atoms with Gasteiger partial charge in [-0.2, -0.15) is 18.3 Å². The molecule has 6 nitrogen and oxygen atoms in total. The molecule has 1 aromatic carbocycles. The smallest absolute Gasteiger partial charge is 0.422 e. The second-order valence-corrected chi connectivity index (χ2v) is 9.21. The summed E-state index contributed by atoms with van der Waals surface area (Å²) in [6.07, 6.45) is -4.54. The minimum atomic E-state index is -4.54. The lowest BCUT2D eigenvalue weighted by Gasteiger charge is -2.21. The second kappa shape index (κ2) is 7.31. The van der Waals surface area contributed by atoms with Crippen molar-refractivity contribution < 1.29 is 26.3 Å². The van der Waals surface area contributed by atoms with E-state index in [0.717, 1.165) is 0 Å². The van der Waals surface area contributed by atoms with Crippen LogP contribution < -0.4 is 9.46 Å². The highest BCUT2D eigenvalue weighted by molar-refractivity contribution is 7.92. The zero-order valence-corrected chi connectivity index (χ0v) is 17.4. The number of ether oxygens (including phenoxy) is 1. The van der Waals surface area contributed by atoms with E-state index in [4.69, 9.17) is 4.74 Å². The lowest BCUT2D eigenvalue weighted by atomic mass is 10.1. The highest BCUT2D eigenvalue weighted by Crippen LogP contribution is 2.32. The summed E-state index contributed by atoms with van der Waals surface area (Å²) in [4.78, 5) is -0.00947. The number of hydrogen-bond acceptors (Lipinski definition) is 4. The standard InChI is InChI=1S/C18H24F3N3O3S/c1-11-7-8-14(15(9-11)27-10-18(19,20)21)23-28(25,26)16-12(2)22-24(13(16)3)17(4,5)6/h7-9,23H,10H2,1-6H3. The second-order valence-electron chi connectivity index (χ2n) is 7.59. The molecule has 0 fully saturated rings. The molecule has 0 saturated carbocycles. The lowest BCUT2D eigenvalue weighted by molar-refractivity contribution is -0.153. The van der Waals surface area contributed by atoms with Crippen LogP contribution in [0.3, 0.4) is 0 Å². The van der Waals surface area contributed by atoms with Crippen LogP contribution in [-0.4, -0.2) is 31.0 Å². The molecule has 0 bridgehead atoms. The third kappa shape index (κ3) is 4.98. The van der Waals surface area contributed by atoms with E-state index in [1.54, 1.807) is 31.5 Å². The summed E-state index contributed by atoms with van der Waals surface area (Å²) < 4.78 is 72.3. The lowest BCUT2D eigenvalue weighted by Crippen LogP contribution is -2.25. The fourth-order valence-corrected chi connectivity index (χ4v) is 4.32. The molecule has 10 heteroatoms. The number of alkyl halides is 3. The first-order chi connectivity index (χ1) is 12.6. The molecule has 0 aliphatic rings. The summed E-state index contributed by atoms with van der Waals surface area (Å²) in [7, 11) is -4.10. The molecule has 1 aromatic heterocycles. The number of nitrogens with zero attached hydrogens (tertiary/aromatic N) is 2. The van der Waals surface area contributed by atoms with E-state index in [9.17, 15) is 21.6 Å². The number of aryl methyl sites for hydroxylation is 2. The molecule has 1 N–H and O–H groups in total. The van der Waals surface area contributed by atoms with Crippen molar-refractivity contribution in [3.8, 4) is 5.75 Å². The van der Waals surface area contributed by atoms with Crippen molar-refractivity contribution >= 4 is 15.7 Å². The van der Waals surface area contributed by atoms with Gasteiger partial charge in [-0.25, -0.2) is 8.42 Å². The number of hydrogen-bond donors (Lipinski definition) is 1. The highest BCUT2D eigenvalue weighted by atomic mass is 32.2. The molecule has 0 amide bonds. The summed E-state index contributed by atoms with van der Waals surface area (Å²) in [5.74, 6) is -0.195. The predicted molar refractivity (Wildman–Crippen MR) is 100 cm³/mol. The monoisotopic (exact) mass is 419 g/mol. The molecule has 0 aliphatic heterocycles. The van der Waals surface area contributed by atoms with Crippen LogP contribution in [0.2, 0.25) is 0 Å². The molecule has 0 aliphatic carbocycles. The quantitative estimate of drug-likeness (QED) is 0.784. The number of halogens is 3. The normalized spacial score (nSPS) is 12.9. The number of sulfonamides is 1. The molecule has 0 unspecified atom stereocenters. The van der Waals surface area contributed by atoms with Gasteiger partial charge in [0.05, 0.1) is 22.6 Å². The van der Waals surface area contributed by atoms with E-state index in [1.807, 2.05) is 20.8 Å². The van der Waals surface area contributed by atoms with Crippen LogP contribution >= 0.6 is 0 Å². The number of aromatic nitrogens is 2. The fraction of sp³-hybridized carbons (Fsp3) is 0.500. The average Bonchev–Trinajstić information content (AvgIpc) is 2.82. The van der Waals surface area contributed by atoms with E-state index >= 15 is 0 Å². The van der Waals surface area contributed by atoms with E-state index in [1.165, 1.54) is 12.1 Å². The van der Waals surface area contributed by atoms with Gasteiger partial charge in [-0.15, -0.1) is 0 Å². The van der Waals surface area contributed by atoms with Crippen LogP contribution in [0.25, 0.3) is 0 Å². The van der Waals surface area contributed by atoms with Gasteiger partial charge in [-0.3, -0.25) is 9.40 Å². The van der Waals surface area contributed by atoms with Gasteiger partial charge in [-0.1, -0.05) is 6.07 Å². The zero-order chi connectivity index (χ0) is 21.5. The van der Waals surface area contributed by atoms with Crippen molar-refractivity contribution in [1.82, 2.24) is 9.78 Å². The van der Waals surface area contributed by atoms with Gasteiger partial charge in [0, 0.05) is 0 Å². The Morgan fingerprint density at radius 1 is 1.14 bits per heavy atom.